The lowest BCUT2D eigenvalue weighted by atomic mass is 9.50. The van der Waals surface area contributed by atoms with E-state index in [-0.39, 0.29) is 12.4 Å². The van der Waals surface area contributed by atoms with Crippen LogP contribution in [0.1, 0.15) is 49.4 Å². The second-order valence-electron chi connectivity index (χ2n) is 8.47. The molecule has 150 valence electrons. The first-order chi connectivity index (χ1) is 13.3. The molecular weight excluding hydrogens is 366 g/mol. The molecule has 0 spiro atoms. The highest BCUT2D eigenvalue weighted by Gasteiger charge is 2.57. The predicted molar refractivity (Wildman–Crippen MR) is 94.5 cm³/mol. The maximum atomic E-state index is 12.4. The van der Waals surface area contributed by atoms with Gasteiger partial charge >= 0.3 is 5.97 Å². The minimum Gasteiger partial charge on any atom is -0.545 e. The Bertz CT molecular complexity index is 806. The van der Waals surface area contributed by atoms with Gasteiger partial charge in [-0.1, -0.05) is 0 Å². The fraction of sp³-hybridized carbons (Fsp3) is 0.600. The van der Waals surface area contributed by atoms with Gasteiger partial charge in [0.2, 0.25) is 0 Å². The number of benzene rings is 1. The molecular formula is C20H22NO7-. The van der Waals surface area contributed by atoms with Crippen molar-refractivity contribution in [2.45, 2.75) is 44.6 Å². The first-order valence-electron chi connectivity index (χ1n) is 9.60. The molecule has 4 saturated carbocycles. The highest BCUT2D eigenvalue weighted by molar-refractivity contribution is 5.91. The molecule has 0 unspecified atom stereocenters. The highest BCUT2D eigenvalue weighted by atomic mass is 16.6. The molecule has 8 nitrogen and oxygen atoms in total. The molecule has 0 radical (unpaired) electrons. The summed E-state index contributed by atoms with van der Waals surface area (Å²) >= 11 is 0. The average molecular weight is 388 g/mol. The Morgan fingerprint density at radius 2 is 1.75 bits per heavy atom. The van der Waals surface area contributed by atoms with Crippen LogP contribution >= 0.6 is 0 Å². The van der Waals surface area contributed by atoms with Crippen molar-refractivity contribution in [3.63, 3.8) is 0 Å². The fourth-order valence-corrected chi connectivity index (χ4v) is 5.63. The van der Waals surface area contributed by atoms with Crippen molar-refractivity contribution in [1.82, 2.24) is 0 Å². The second kappa shape index (κ2) is 6.76. The van der Waals surface area contributed by atoms with Gasteiger partial charge < -0.3 is 19.4 Å². The topological polar surface area (TPSA) is 119 Å². The molecule has 0 N–H and O–H groups in total. The van der Waals surface area contributed by atoms with Gasteiger partial charge in [-0.05, 0) is 74.8 Å². The van der Waals surface area contributed by atoms with E-state index in [2.05, 4.69) is 0 Å². The Morgan fingerprint density at radius 1 is 1.14 bits per heavy atom. The summed E-state index contributed by atoms with van der Waals surface area (Å²) in [5, 5.41) is 22.0. The predicted octanol–water partition coefficient (Wildman–Crippen LogP) is 2.10. The van der Waals surface area contributed by atoms with Crippen LogP contribution in [-0.4, -0.2) is 29.1 Å². The normalized spacial score (nSPS) is 32.8. The molecule has 4 aliphatic rings. The zero-order chi connectivity index (χ0) is 20.1. The summed E-state index contributed by atoms with van der Waals surface area (Å²) in [6, 6.07) is 3.26. The SMILES string of the molecule is CC1(OC(=O)COc2ccc([N+](=O)[O-])c(C(=O)[O-])c2)C2CC3CC(C2)CC1C3. The van der Waals surface area contributed by atoms with Crippen molar-refractivity contribution < 1.29 is 29.1 Å². The molecule has 8 heteroatoms. The summed E-state index contributed by atoms with van der Waals surface area (Å²) in [5.74, 6) is 0.136. The van der Waals surface area contributed by atoms with Crippen LogP contribution in [0, 0.1) is 33.8 Å². The zero-order valence-corrected chi connectivity index (χ0v) is 15.6. The maximum Gasteiger partial charge on any atom is 0.344 e. The average Bonchev–Trinajstić information content (AvgIpc) is 2.63. The minimum absolute atomic E-state index is 0.0389. The van der Waals surface area contributed by atoms with Gasteiger partial charge in [-0.15, -0.1) is 0 Å². The number of nitrogens with zero attached hydrogens (tertiary/aromatic N) is 1. The molecule has 0 atom stereocenters. The third-order valence-electron chi connectivity index (χ3n) is 6.83. The molecule has 1 aromatic rings. The molecule has 0 aliphatic heterocycles. The van der Waals surface area contributed by atoms with E-state index in [9.17, 15) is 24.8 Å². The standard InChI is InChI=1S/C20H23NO7/c1-20(13-5-11-4-12(7-13)8-14(20)6-11)28-18(22)10-27-15-2-3-17(21(25)26)16(9-15)19(23)24/h2-3,9,11-14H,4-8,10H2,1H3,(H,23,24)/p-1. The van der Waals surface area contributed by atoms with E-state index in [1.807, 2.05) is 6.92 Å². The van der Waals surface area contributed by atoms with Crippen LogP contribution in [0.4, 0.5) is 5.69 Å². The van der Waals surface area contributed by atoms with Gasteiger partial charge in [0.05, 0.1) is 16.5 Å². The Balaban J connectivity index is 1.40. The van der Waals surface area contributed by atoms with Crippen LogP contribution < -0.4 is 9.84 Å². The third-order valence-corrected chi connectivity index (χ3v) is 6.83. The fourth-order valence-electron chi connectivity index (χ4n) is 5.63. The van der Waals surface area contributed by atoms with E-state index in [0.717, 1.165) is 49.7 Å². The largest absolute Gasteiger partial charge is 0.545 e. The van der Waals surface area contributed by atoms with E-state index in [4.69, 9.17) is 9.47 Å². The molecule has 4 aliphatic carbocycles. The lowest BCUT2D eigenvalue weighted by Crippen LogP contribution is -2.58. The zero-order valence-electron chi connectivity index (χ0n) is 15.6. The van der Waals surface area contributed by atoms with E-state index in [1.54, 1.807) is 0 Å². The van der Waals surface area contributed by atoms with Crippen molar-refractivity contribution in [1.29, 1.82) is 0 Å². The van der Waals surface area contributed by atoms with Crippen LogP contribution in [0.15, 0.2) is 18.2 Å². The Kier molecular flexibility index (Phi) is 4.51. The number of aromatic carboxylic acids is 1. The van der Waals surface area contributed by atoms with Gasteiger partial charge in [0.1, 0.15) is 11.4 Å². The molecule has 1 aromatic carbocycles. The molecule has 0 aromatic heterocycles. The lowest BCUT2D eigenvalue weighted by molar-refractivity contribution is -0.385. The van der Waals surface area contributed by atoms with Crippen molar-refractivity contribution in [3.05, 3.63) is 33.9 Å². The number of carboxylic acids is 1. The van der Waals surface area contributed by atoms with Crippen LogP contribution in [0.25, 0.3) is 0 Å². The van der Waals surface area contributed by atoms with Gasteiger partial charge in [0.15, 0.2) is 6.61 Å². The Morgan fingerprint density at radius 3 is 2.29 bits per heavy atom. The van der Waals surface area contributed by atoms with E-state index in [0.29, 0.717) is 11.8 Å². The third kappa shape index (κ3) is 3.21. The first-order valence-corrected chi connectivity index (χ1v) is 9.60. The smallest absolute Gasteiger partial charge is 0.344 e. The molecule has 28 heavy (non-hydrogen) atoms. The maximum absolute atomic E-state index is 12.4. The summed E-state index contributed by atoms with van der Waals surface area (Å²) in [6.07, 6.45) is 5.73. The number of carbonyl (C=O) groups is 2. The van der Waals surface area contributed by atoms with Gasteiger partial charge in [-0.2, -0.15) is 0 Å². The van der Waals surface area contributed by atoms with E-state index < -0.39 is 33.7 Å². The van der Waals surface area contributed by atoms with Crippen LogP contribution in [0.5, 0.6) is 5.75 Å². The quantitative estimate of drug-likeness (QED) is 0.416. The summed E-state index contributed by atoms with van der Waals surface area (Å²) in [6.45, 7) is 1.64. The summed E-state index contributed by atoms with van der Waals surface area (Å²) < 4.78 is 11.2. The number of hydrogen-bond donors (Lipinski definition) is 0. The Hall–Kier alpha value is -2.64. The molecule has 4 fully saturated rings. The number of carbonyl (C=O) groups excluding carboxylic acids is 2. The number of ether oxygens (including phenoxy) is 2. The van der Waals surface area contributed by atoms with Crippen molar-refractivity contribution in [3.8, 4) is 5.75 Å². The van der Waals surface area contributed by atoms with Gasteiger partial charge in [0.25, 0.3) is 5.69 Å². The molecule has 4 bridgehead atoms. The molecule has 5 rings (SSSR count). The van der Waals surface area contributed by atoms with Crippen molar-refractivity contribution in [2.24, 2.45) is 23.7 Å². The number of carboxylic acid groups (broad SMARTS) is 1. The summed E-state index contributed by atoms with van der Waals surface area (Å²) in [5.41, 5.74) is -1.65. The number of hydrogen-bond acceptors (Lipinski definition) is 7. The van der Waals surface area contributed by atoms with E-state index in [1.165, 1.54) is 12.5 Å². The number of nitro groups is 1. The molecule has 0 saturated heterocycles. The van der Waals surface area contributed by atoms with Crippen molar-refractivity contribution in [2.75, 3.05) is 6.61 Å². The lowest BCUT2D eigenvalue weighted by Gasteiger charge is -2.59. The number of esters is 1. The van der Waals surface area contributed by atoms with Gasteiger partial charge in [-0.25, -0.2) is 4.79 Å². The monoisotopic (exact) mass is 388 g/mol. The minimum atomic E-state index is -1.68. The summed E-state index contributed by atoms with van der Waals surface area (Å²) in [7, 11) is 0. The van der Waals surface area contributed by atoms with Crippen LogP contribution in [0.3, 0.4) is 0 Å². The molecule has 0 heterocycles. The van der Waals surface area contributed by atoms with Crippen molar-refractivity contribution >= 4 is 17.6 Å². The number of rotatable bonds is 6. The van der Waals surface area contributed by atoms with Gasteiger partial charge in [0, 0.05) is 6.07 Å². The van der Waals surface area contributed by atoms with Crippen LogP contribution in [0.2, 0.25) is 0 Å². The van der Waals surface area contributed by atoms with E-state index >= 15 is 0 Å². The Labute approximate surface area is 162 Å². The molecule has 0 amide bonds. The second-order valence-corrected chi connectivity index (χ2v) is 8.47. The van der Waals surface area contributed by atoms with Gasteiger partial charge in [-0.3, -0.25) is 10.1 Å². The van der Waals surface area contributed by atoms with Crippen LogP contribution in [-0.2, 0) is 9.53 Å². The first kappa shape index (κ1) is 18.7. The highest BCUT2D eigenvalue weighted by Crippen LogP contribution is 2.59. The number of nitro benzene ring substituents is 1. The summed E-state index contributed by atoms with van der Waals surface area (Å²) in [4.78, 5) is 33.6.